The quantitative estimate of drug-likeness (QED) is 0.641. The van der Waals surface area contributed by atoms with Gasteiger partial charge in [0.25, 0.3) is 0 Å². The zero-order chi connectivity index (χ0) is 14.2. The molecule has 0 saturated carbocycles. The Kier molecular flexibility index (Phi) is 4.02. The molecule has 0 aliphatic carbocycles. The van der Waals surface area contributed by atoms with E-state index in [0.717, 1.165) is 0 Å². The molecule has 2 atom stereocenters. The highest BCUT2D eigenvalue weighted by atomic mass is 35.5. The van der Waals surface area contributed by atoms with Crippen LogP contribution >= 0.6 is 23.2 Å². The van der Waals surface area contributed by atoms with Crippen molar-refractivity contribution in [3.63, 3.8) is 0 Å². The van der Waals surface area contributed by atoms with Crippen molar-refractivity contribution >= 4 is 40.2 Å². The van der Waals surface area contributed by atoms with Gasteiger partial charge >= 0.3 is 5.97 Å². The van der Waals surface area contributed by atoms with Crippen LogP contribution in [0.2, 0.25) is 5.02 Å². The van der Waals surface area contributed by atoms with Gasteiger partial charge in [0.05, 0.1) is 28.5 Å². The molecule has 2 aromatic rings. The molecule has 1 heterocycles. The molecule has 0 N–H and O–H groups in total. The van der Waals surface area contributed by atoms with Crippen molar-refractivity contribution in [2.24, 2.45) is 0 Å². The third-order valence-electron chi connectivity index (χ3n) is 2.97. The first-order valence-electron chi connectivity index (χ1n) is 5.85. The molecule has 0 bridgehead atoms. The van der Waals surface area contributed by atoms with E-state index in [1.807, 2.05) is 12.1 Å². The summed E-state index contributed by atoms with van der Waals surface area (Å²) >= 11 is 12.4. The third kappa shape index (κ3) is 2.42. The number of methoxy groups -OCH3 is 1. The first kappa shape index (κ1) is 14.2. The van der Waals surface area contributed by atoms with Gasteiger partial charge < -0.3 is 9.30 Å². The predicted molar refractivity (Wildman–Crippen MR) is 75.7 cm³/mol. The second-order valence-corrected chi connectivity index (χ2v) is 5.32. The number of esters is 1. The number of rotatable bonds is 3. The van der Waals surface area contributed by atoms with Gasteiger partial charge in [-0.05, 0) is 26.0 Å². The van der Waals surface area contributed by atoms with Crippen LogP contribution in [0.1, 0.15) is 31.1 Å². The maximum atomic E-state index is 11.8. The Morgan fingerprint density at radius 3 is 2.68 bits per heavy atom. The second kappa shape index (κ2) is 5.39. The Morgan fingerprint density at radius 2 is 2.11 bits per heavy atom. The van der Waals surface area contributed by atoms with E-state index in [2.05, 4.69) is 4.98 Å². The topological polar surface area (TPSA) is 44.1 Å². The number of benzene rings is 1. The van der Waals surface area contributed by atoms with Gasteiger partial charge in [-0.2, -0.15) is 0 Å². The number of para-hydroxylation sites is 1. The molecule has 0 aliphatic heterocycles. The van der Waals surface area contributed by atoms with Gasteiger partial charge in [0.1, 0.15) is 11.9 Å². The summed E-state index contributed by atoms with van der Waals surface area (Å²) in [6.07, 6.45) is 0. The van der Waals surface area contributed by atoms with E-state index in [1.54, 1.807) is 24.5 Å². The highest BCUT2D eigenvalue weighted by molar-refractivity contribution is 6.35. The fourth-order valence-corrected chi connectivity index (χ4v) is 2.49. The summed E-state index contributed by atoms with van der Waals surface area (Å²) in [5.41, 5.74) is 1.41. The summed E-state index contributed by atoms with van der Waals surface area (Å²) < 4.78 is 6.52. The van der Waals surface area contributed by atoms with Gasteiger partial charge in [0.2, 0.25) is 0 Å². The smallest absolute Gasteiger partial charge is 0.328 e. The van der Waals surface area contributed by atoms with Crippen molar-refractivity contribution in [2.45, 2.75) is 25.3 Å². The largest absolute Gasteiger partial charge is 0.467 e. The van der Waals surface area contributed by atoms with E-state index in [4.69, 9.17) is 27.9 Å². The number of ether oxygens (including phenoxy) is 1. The number of hydrogen-bond acceptors (Lipinski definition) is 3. The Hall–Kier alpha value is -1.26. The number of alkyl halides is 1. The highest BCUT2D eigenvalue weighted by Gasteiger charge is 2.25. The van der Waals surface area contributed by atoms with E-state index >= 15 is 0 Å². The molecular weight excluding hydrogens is 287 g/mol. The van der Waals surface area contributed by atoms with Crippen LogP contribution in [-0.2, 0) is 9.53 Å². The van der Waals surface area contributed by atoms with Gasteiger partial charge in [0, 0.05) is 0 Å². The number of nitrogens with zero attached hydrogens (tertiary/aromatic N) is 2. The van der Waals surface area contributed by atoms with E-state index < -0.39 is 6.04 Å². The standard InChI is InChI=1S/C13H14Cl2N2O2/c1-7(14)12-16-10-6-4-5-9(15)11(10)17(12)8(2)13(18)19-3/h4-8H,1-3H3. The van der Waals surface area contributed by atoms with Crippen LogP contribution in [0.15, 0.2) is 18.2 Å². The van der Waals surface area contributed by atoms with Crippen LogP contribution in [0.3, 0.4) is 0 Å². The summed E-state index contributed by atoms with van der Waals surface area (Å²) in [7, 11) is 1.35. The molecule has 0 spiro atoms. The number of carbonyl (C=O) groups excluding carboxylic acids is 1. The summed E-state index contributed by atoms with van der Waals surface area (Å²) in [6.45, 7) is 3.54. The lowest BCUT2D eigenvalue weighted by molar-refractivity contribution is -0.143. The van der Waals surface area contributed by atoms with Crippen molar-refractivity contribution in [1.29, 1.82) is 0 Å². The number of fused-ring (bicyclic) bond motifs is 1. The van der Waals surface area contributed by atoms with Gasteiger partial charge in [-0.1, -0.05) is 17.7 Å². The first-order chi connectivity index (χ1) is 8.97. The molecule has 1 aromatic carbocycles. The fourth-order valence-electron chi connectivity index (χ4n) is 2.07. The third-order valence-corrected chi connectivity index (χ3v) is 3.47. The SMILES string of the molecule is COC(=O)C(C)n1c(C(C)Cl)nc2cccc(Cl)c21. The van der Waals surface area contributed by atoms with E-state index in [-0.39, 0.29) is 11.3 Å². The monoisotopic (exact) mass is 300 g/mol. The Balaban J connectivity index is 2.74. The normalized spacial score (nSPS) is 14.4. The predicted octanol–water partition coefficient (Wildman–Crippen LogP) is 3.72. The lowest BCUT2D eigenvalue weighted by Crippen LogP contribution is -2.20. The van der Waals surface area contributed by atoms with E-state index in [0.29, 0.717) is 21.9 Å². The summed E-state index contributed by atoms with van der Waals surface area (Å²) in [5.74, 6) is 0.237. The summed E-state index contributed by atoms with van der Waals surface area (Å²) in [6, 6.07) is 4.87. The molecule has 19 heavy (non-hydrogen) atoms. The highest BCUT2D eigenvalue weighted by Crippen LogP contribution is 2.32. The number of hydrogen-bond donors (Lipinski definition) is 0. The number of imidazole rings is 1. The summed E-state index contributed by atoms with van der Waals surface area (Å²) in [4.78, 5) is 16.2. The van der Waals surface area contributed by atoms with Gasteiger partial charge in [-0.3, -0.25) is 0 Å². The van der Waals surface area contributed by atoms with Crippen molar-refractivity contribution in [3.8, 4) is 0 Å². The minimum absolute atomic E-state index is 0.337. The van der Waals surface area contributed by atoms with E-state index in [1.165, 1.54) is 7.11 Å². The molecule has 102 valence electrons. The molecule has 0 fully saturated rings. The molecule has 0 saturated heterocycles. The maximum absolute atomic E-state index is 11.8. The van der Waals surface area contributed by atoms with Crippen LogP contribution in [0.25, 0.3) is 11.0 Å². The van der Waals surface area contributed by atoms with Crippen LogP contribution in [0.4, 0.5) is 0 Å². The van der Waals surface area contributed by atoms with Crippen molar-refractivity contribution in [3.05, 3.63) is 29.0 Å². The number of aromatic nitrogens is 2. The van der Waals surface area contributed by atoms with Crippen LogP contribution in [0.5, 0.6) is 0 Å². The van der Waals surface area contributed by atoms with Gasteiger partial charge in [-0.25, -0.2) is 9.78 Å². The van der Waals surface area contributed by atoms with Crippen LogP contribution in [0, 0.1) is 0 Å². The molecule has 4 nitrogen and oxygen atoms in total. The second-order valence-electron chi connectivity index (χ2n) is 4.26. The molecule has 2 unspecified atom stereocenters. The average molecular weight is 301 g/mol. The Morgan fingerprint density at radius 1 is 1.42 bits per heavy atom. The minimum Gasteiger partial charge on any atom is -0.467 e. The van der Waals surface area contributed by atoms with Crippen molar-refractivity contribution < 1.29 is 9.53 Å². The maximum Gasteiger partial charge on any atom is 0.328 e. The molecular formula is C13H14Cl2N2O2. The summed E-state index contributed by atoms with van der Waals surface area (Å²) in [5, 5.41) is 0.194. The lowest BCUT2D eigenvalue weighted by atomic mass is 10.2. The minimum atomic E-state index is -0.536. The van der Waals surface area contributed by atoms with Crippen molar-refractivity contribution in [1.82, 2.24) is 9.55 Å². The van der Waals surface area contributed by atoms with Gasteiger partial charge in [-0.15, -0.1) is 11.6 Å². The number of halogens is 2. The molecule has 0 radical (unpaired) electrons. The Bertz CT molecular complexity index is 622. The van der Waals surface area contributed by atoms with Crippen LogP contribution in [-0.4, -0.2) is 22.6 Å². The molecule has 6 heteroatoms. The fraction of sp³-hybridized carbons (Fsp3) is 0.385. The van der Waals surface area contributed by atoms with E-state index in [9.17, 15) is 4.79 Å². The zero-order valence-corrected chi connectivity index (χ0v) is 12.4. The first-order valence-corrected chi connectivity index (χ1v) is 6.67. The molecule has 2 rings (SSSR count). The Labute approximate surface area is 121 Å². The molecule has 1 aromatic heterocycles. The van der Waals surface area contributed by atoms with Gasteiger partial charge in [0.15, 0.2) is 0 Å². The molecule has 0 amide bonds. The number of carbonyl (C=O) groups is 1. The molecule has 0 aliphatic rings. The lowest BCUT2D eigenvalue weighted by Gasteiger charge is -2.16. The average Bonchev–Trinajstić information content (AvgIpc) is 2.78. The van der Waals surface area contributed by atoms with Crippen LogP contribution < -0.4 is 0 Å². The zero-order valence-electron chi connectivity index (χ0n) is 10.9. The van der Waals surface area contributed by atoms with Crippen molar-refractivity contribution in [2.75, 3.05) is 7.11 Å².